The molecule has 1 amide bonds. The Bertz CT molecular complexity index is 753. The number of hydrogen-bond donors (Lipinski definition) is 1. The number of methoxy groups -OCH3 is 2. The number of rotatable bonds is 7. The lowest BCUT2D eigenvalue weighted by Gasteiger charge is -2.17. The fourth-order valence-corrected chi connectivity index (χ4v) is 2.42. The lowest BCUT2D eigenvalue weighted by molar-refractivity contribution is 0.00864. The van der Waals surface area contributed by atoms with E-state index < -0.39 is 6.23 Å². The van der Waals surface area contributed by atoms with Crippen LogP contribution in [-0.4, -0.2) is 38.7 Å². The van der Waals surface area contributed by atoms with Gasteiger partial charge in [0.05, 0.1) is 6.61 Å². The van der Waals surface area contributed by atoms with Crippen LogP contribution in [-0.2, 0) is 9.47 Å². The maximum Gasteiger partial charge on any atom is 0.253 e. The first-order chi connectivity index (χ1) is 11.9. The Labute approximate surface area is 148 Å². The van der Waals surface area contributed by atoms with E-state index in [0.29, 0.717) is 11.1 Å². The number of aryl methyl sites for hydroxylation is 1. The third-order valence-corrected chi connectivity index (χ3v) is 3.88. The molecule has 0 spiro atoms. The van der Waals surface area contributed by atoms with E-state index in [9.17, 15) is 9.59 Å². The zero-order chi connectivity index (χ0) is 18.4. The SMILES string of the molecule is COCC(NC(=O)c1cc(C(C)=O)cc(-c2ccc(C)cc2)c1)OC. The minimum atomic E-state index is -0.554. The van der Waals surface area contributed by atoms with Crippen LogP contribution in [0.3, 0.4) is 0 Å². The van der Waals surface area contributed by atoms with E-state index in [1.165, 1.54) is 21.1 Å². The lowest BCUT2D eigenvalue weighted by Crippen LogP contribution is -2.39. The summed E-state index contributed by atoms with van der Waals surface area (Å²) in [5.41, 5.74) is 3.80. The number of Topliss-reactive ketones (excluding diaryl/α,β-unsaturated/α-hetero) is 1. The first-order valence-corrected chi connectivity index (χ1v) is 8.00. The molecule has 5 heteroatoms. The predicted molar refractivity (Wildman–Crippen MR) is 96.8 cm³/mol. The topological polar surface area (TPSA) is 64.6 Å². The molecule has 0 aromatic heterocycles. The van der Waals surface area contributed by atoms with Gasteiger partial charge in [0.15, 0.2) is 12.0 Å². The van der Waals surface area contributed by atoms with Crippen molar-refractivity contribution in [2.75, 3.05) is 20.8 Å². The Morgan fingerprint density at radius 2 is 1.64 bits per heavy atom. The van der Waals surface area contributed by atoms with Gasteiger partial charge in [-0.2, -0.15) is 0 Å². The molecule has 25 heavy (non-hydrogen) atoms. The van der Waals surface area contributed by atoms with Crippen LogP contribution in [0.25, 0.3) is 11.1 Å². The zero-order valence-electron chi connectivity index (χ0n) is 15.0. The van der Waals surface area contributed by atoms with Crippen LogP contribution in [0.4, 0.5) is 0 Å². The molecule has 0 radical (unpaired) electrons. The van der Waals surface area contributed by atoms with Gasteiger partial charge in [-0.1, -0.05) is 29.8 Å². The highest BCUT2D eigenvalue weighted by Gasteiger charge is 2.16. The molecule has 0 heterocycles. The van der Waals surface area contributed by atoms with Gasteiger partial charge in [0.25, 0.3) is 5.91 Å². The molecule has 132 valence electrons. The quantitative estimate of drug-likeness (QED) is 0.620. The van der Waals surface area contributed by atoms with Crippen molar-refractivity contribution < 1.29 is 19.1 Å². The largest absolute Gasteiger partial charge is 0.380 e. The van der Waals surface area contributed by atoms with Crippen molar-refractivity contribution in [2.45, 2.75) is 20.1 Å². The number of hydrogen-bond acceptors (Lipinski definition) is 4. The second-order valence-corrected chi connectivity index (χ2v) is 5.87. The van der Waals surface area contributed by atoms with E-state index in [1.54, 1.807) is 18.2 Å². The Kier molecular flexibility index (Phi) is 6.44. The Balaban J connectivity index is 2.38. The molecule has 0 aliphatic carbocycles. The van der Waals surface area contributed by atoms with Crippen LogP contribution in [0.1, 0.15) is 33.2 Å². The molecular weight excluding hydrogens is 318 g/mol. The fourth-order valence-electron chi connectivity index (χ4n) is 2.42. The van der Waals surface area contributed by atoms with Crippen LogP contribution in [0, 0.1) is 6.92 Å². The molecule has 0 saturated carbocycles. The average molecular weight is 341 g/mol. The highest BCUT2D eigenvalue weighted by molar-refractivity contribution is 6.01. The van der Waals surface area contributed by atoms with Gasteiger partial charge in [0.2, 0.25) is 0 Å². The van der Waals surface area contributed by atoms with Gasteiger partial charge in [-0.3, -0.25) is 9.59 Å². The Morgan fingerprint density at radius 3 is 2.20 bits per heavy atom. The monoisotopic (exact) mass is 341 g/mol. The summed E-state index contributed by atoms with van der Waals surface area (Å²) in [5, 5.41) is 2.74. The maximum atomic E-state index is 12.5. The molecule has 5 nitrogen and oxygen atoms in total. The molecule has 1 N–H and O–H groups in total. The zero-order valence-corrected chi connectivity index (χ0v) is 15.0. The van der Waals surface area contributed by atoms with Crippen molar-refractivity contribution in [2.24, 2.45) is 0 Å². The fraction of sp³-hybridized carbons (Fsp3) is 0.300. The highest BCUT2D eigenvalue weighted by Crippen LogP contribution is 2.23. The summed E-state index contributed by atoms with van der Waals surface area (Å²) in [6.07, 6.45) is -0.554. The van der Waals surface area contributed by atoms with Gasteiger partial charge in [0, 0.05) is 25.3 Å². The molecule has 2 rings (SSSR count). The number of ether oxygens (including phenoxy) is 2. The number of nitrogens with one attached hydrogen (secondary N) is 1. The van der Waals surface area contributed by atoms with Crippen molar-refractivity contribution in [1.29, 1.82) is 0 Å². The van der Waals surface area contributed by atoms with Gasteiger partial charge < -0.3 is 14.8 Å². The van der Waals surface area contributed by atoms with E-state index >= 15 is 0 Å². The summed E-state index contributed by atoms with van der Waals surface area (Å²) < 4.78 is 10.2. The first-order valence-electron chi connectivity index (χ1n) is 8.00. The van der Waals surface area contributed by atoms with Gasteiger partial charge in [-0.25, -0.2) is 0 Å². The number of benzene rings is 2. The lowest BCUT2D eigenvalue weighted by atomic mass is 9.97. The Hall–Kier alpha value is -2.50. The molecule has 0 bridgehead atoms. The van der Waals surface area contributed by atoms with Gasteiger partial charge >= 0.3 is 0 Å². The molecule has 2 aromatic rings. The normalized spacial score (nSPS) is 11.8. The van der Waals surface area contributed by atoms with Crippen molar-refractivity contribution in [1.82, 2.24) is 5.32 Å². The van der Waals surface area contributed by atoms with Crippen LogP contribution >= 0.6 is 0 Å². The summed E-state index contributed by atoms with van der Waals surface area (Å²) in [7, 11) is 3.03. The van der Waals surface area contributed by atoms with E-state index in [1.807, 2.05) is 31.2 Å². The molecular formula is C20H23NO4. The maximum absolute atomic E-state index is 12.5. The van der Waals surface area contributed by atoms with Crippen molar-refractivity contribution in [3.8, 4) is 11.1 Å². The smallest absolute Gasteiger partial charge is 0.253 e. The highest BCUT2D eigenvalue weighted by atomic mass is 16.5. The molecule has 0 saturated heterocycles. The first kappa shape index (κ1) is 18.8. The van der Waals surface area contributed by atoms with Gasteiger partial charge in [0.1, 0.15) is 0 Å². The van der Waals surface area contributed by atoms with Crippen LogP contribution < -0.4 is 5.32 Å². The molecule has 1 unspecified atom stereocenters. The van der Waals surface area contributed by atoms with Crippen molar-refractivity contribution in [3.05, 3.63) is 59.2 Å². The number of amides is 1. The number of carbonyl (C=O) groups is 2. The third kappa shape index (κ3) is 4.98. The number of ketones is 1. The Morgan fingerprint density at radius 1 is 1.00 bits per heavy atom. The summed E-state index contributed by atoms with van der Waals surface area (Å²) in [6, 6.07) is 13.1. The van der Waals surface area contributed by atoms with Crippen molar-refractivity contribution >= 4 is 11.7 Å². The number of carbonyl (C=O) groups excluding carboxylic acids is 2. The van der Waals surface area contributed by atoms with Gasteiger partial charge in [-0.15, -0.1) is 0 Å². The standard InChI is InChI=1S/C20H23NO4/c1-13-5-7-15(8-6-13)17-9-16(14(2)22)10-18(11-17)20(23)21-19(25-4)12-24-3/h5-11,19H,12H2,1-4H3,(H,21,23). The predicted octanol–water partition coefficient (Wildman–Crippen LogP) is 3.21. The molecule has 0 aliphatic rings. The minimum absolute atomic E-state index is 0.0943. The van der Waals surface area contributed by atoms with Crippen LogP contribution in [0.5, 0.6) is 0 Å². The van der Waals surface area contributed by atoms with E-state index in [2.05, 4.69) is 5.32 Å². The van der Waals surface area contributed by atoms with E-state index in [4.69, 9.17) is 9.47 Å². The second kappa shape index (κ2) is 8.55. The van der Waals surface area contributed by atoms with E-state index in [-0.39, 0.29) is 18.3 Å². The summed E-state index contributed by atoms with van der Waals surface area (Å²) >= 11 is 0. The van der Waals surface area contributed by atoms with E-state index in [0.717, 1.165) is 16.7 Å². The van der Waals surface area contributed by atoms with Crippen LogP contribution in [0.15, 0.2) is 42.5 Å². The molecule has 1 atom stereocenters. The van der Waals surface area contributed by atoms with Gasteiger partial charge in [-0.05, 0) is 43.2 Å². The average Bonchev–Trinajstić information content (AvgIpc) is 2.61. The summed E-state index contributed by atoms with van der Waals surface area (Å²) in [4.78, 5) is 24.4. The second-order valence-electron chi connectivity index (χ2n) is 5.87. The molecule has 0 fully saturated rings. The third-order valence-electron chi connectivity index (χ3n) is 3.88. The summed E-state index contributed by atoms with van der Waals surface area (Å²) in [6.45, 7) is 3.73. The molecule has 0 aliphatic heterocycles. The van der Waals surface area contributed by atoms with Crippen molar-refractivity contribution in [3.63, 3.8) is 0 Å². The molecule has 2 aromatic carbocycles. The summed E-state index contributed by atoms with van der Waals surface area (Å²) in [5.74, 6) is -0.413. The minimum Gasteiger partial charge on any atom is -0.380 e. The van der Waals surface area contributed by atoms with Crippen LogP contribution in [0.2, 0.25) is 0 Å².